The molecule has 1 N–H and O–H groups in total. The number of hydrogen-bond donors (Lipinski definition) is 1. The van der Waals surface area contributed by atoms with Gasteiger partial charge in [-0.2, -0.15) is 10.5 Å². The number of benzene rings is 3. The first kappa shape index (κ1) is 27.9. The van der Waals surface area contributed by atoms with Crippen LogP contribution in [0.1, 0.15) is 11.1 Å². The molecule has 3 aromatic carbocycles. The third kappa shape index (κ3) is 6.67. The summed E-state index contributed by atoms with van der Waals surface area (Å²) in [6.07, 6.45) is 6.11. The summed E-state index contributed by atoms with van der Waals surface area (Å²) in [4.78, 5) is 8.00. The number of phenolic OH excluding ortho intramolecular Hbond substituents is 1. The highest BCUT2D eigenvalue weighted by molar-refractivity contribution is 6.32. The highest BCUT2D eigenvalue weighted by Crippen LogP contribution is 2.31. The standard InChI is InChI=1S/C19H13ClN2O2.C12H7ClN2O/c1-23-14-6-8-16(9-7-14)24-15-4-2-13(3-5-15)18-11-22-12-19(20)17(18)10-21;13-12-7-15-6-11(10(12)5-14)8-1-3-9(16)4-2-8/h2-9,11-12H,1H3;1-4,6-7,16H. The molecular formula is C31H20Cl2N4O3. The van der Waals surface area contributed by atoms with Gasteiger partial charge < -0.3 is 14.6 Å². The zero-order valence-corrected chi connectivity index (χ0v) is 22.6. The highest BCUT2D eigenvalue weighted by Gasteiger charge is 2.10. The van der Waals surface area contributed by atoms with Crippen LogP contribution in [0.5, 0.6) is 23.0 Å². The number of pyridine rings is 2. The topological polar surface area (TPSA) is 112 Å². The monoisotopic (exact) mass is 566 g/mol. The van der Waals surface area contributed by atoms with E-state index >= 15 is 0 Å². The maximum atomic E-state index is 9.26. The molecule has 0 radical (unpaired) electrons. The zero-order valence-electron chi connectivity index (χ0n) is 21.0. The van der Waals surface area contributed by atoms with Gasteiger partial charge in [-0.3, -0.25) is 9.97 Å². The highest BCUT2D eigenvalue weighted by atomic mass is 35.5. The van der Waals surface area contributed by atoms with Crippen molar-refractivity contribution in [2.75, 3.05) is 7.11 Å². The van der Waals surface area contributed by atoms with E-state index in [4.69, 9.17) is 37.9 Å². The number of rotatable bonds is 5. The minimum Gasteiger partial charge on any atom is -0.508 e. The van der Waals surface area contributed by atoms with Gasteiger partial charge in [-0.1, -0.05) is 47.5 Å². The van der Waals surface area contributed by atoms with Crippen LogP contribution in [0.25, 0.3) is 22.3 Å². The van der Waals surface area contributed by atoms with Gasteiger partial charge in [0.05, 0.1) is 28.3 Å². The molecule has 0 saturated heterocycles. The minimum atomic E-state index is 0.178. The van der Waals surface area contributed by atoms with Gasteiger partial charge in [-0.15, -0.1) is 0 Å². The molecule has 40 heavy (non-hydrogen) atoms. The third-order valence-corrected chi connectivity index (χ3v) is 6.23. The van der Waals surface area contributed by atoms with Crippen molar-refractivity contribution < 1.29 is 14.6 Å². The lowest BCUT2D eigenvalue weighted by Gasteiger charge is -2.09. The van der Waals surface area contributed by atoms with Crippen molar-refractivity contribution in [1.29, 1.82) is 10.5 Å². The minimum absolute atomic E-state index is 0.178. The fourth-order valence-corrected chi connectivity index (χ4v) is 4.06. The third-order valence-electron chi connectivity index (χ3n) is 5.66. The van der Waals surface area contributed by atoms with Gasteiger partial charge in [0.25, 0.3) is 0 Å². The van der Waals surface area contributed by atoms with Crippen LogP contribution in [0.2, 0.25) is 10.0 Å². The molecule has 0 aliphatic rings. The van der Waals surface area contributed by atoms with E-state index in [-0.39, 0.29) is 5.75 Å². The van der Waals surface area contributed by atoms with Crippen LogP contribution in [0.15, 0.2) is 97.6 Å². The summed E-state index contributed by atoms with van der Waals surface area (Å²) in [7, 11) is 1.62. The SMILES string of the molecule is COc1ccc(Oc2ccc(-c3cncc(Cl)c3C#N)cc2)cc1.N#Cc1c(Cl)cncc1-c1ccc(O)cc1. The van der Waals surface area contributed by atoms with Crippen LogP contribution in [-0.2, 0) is 0 Å². The molecule has 0 unspecified atom stereocenters. The van der Waals surface area contributed by atoms with E-state index in [1.54, 1.807) is 43.8 Å². The van der Waals surface area contributed by atoms with Gasteiger partial charge in [0.1, 0.15) is 35.1 Å². The average Bonchev–Trinajstić information content (AvgIpc) is 2.98. The van der Waals surface area contributed by atoms with Crippen LogP contribution in [-0.4, -0.2) is 22.2 Å². The van der Waals surface area contributed by atoms with Crippen LogP contribution < -0.4 is 9.47 Å². The number of hydrogen-bond acceptors (Lipinski definition) is 7. The van der Waals surface area contributed by atoms with E-state index in [9.17, 15) is 10.4 Å². The molecular weight excluding hydrogens is 547 g/mol. The first-order chi connectivity index (χ1) is 19.4. The molecule has 5 rings (SSSR count). The van der Waals surface area contributed by atoms with Crippen LogP contribution >= 0.6 is 23.2 Å². The maximum absolute atomic E-state index is 9.26. The molecule has 0 atom stereocenters. The van der Waals surface area contributed by atoms with Crippen molar-refractivity contribution in [3.05, 3.63) is 119 Å². The molecule has 0 aliphatic heterocycles. The zero-order chi connectivity index (χ0) is 28.5. The molecule has 5 aromatic rings. The molecule has 0 amide bonds. The maximum Gasteiger partial charge on any atom is 0.127 e. The van der Waals surface area contributed by atoms with Crippen molar-refractivity contribution in [2.24, 2.45) is 0 Å². The van der Waals surface area contributed by atoms with Gasteiger partial charge >= 0.3 is 0 Å². The van der Waals surface area contributed by atoms with Crippen molar-refractivity contribution in [3.8, 4) is 57.4 Å². The lowest BCUT2D eigenvalue weighted by molar-refractivity contribution is 0.413. The summed E-state index contributed by atoms with van der Waals surface area (Å²) in [5.74, 6) is 2.36. The lowest BCUT2D eigenvalue weighted by atomic mass is 10.0. The summed E-state index contributed by atoms with van der Waals surface area (Å²) in [6, 6.07) is 25.4. The molecule has 9 heteroatoms. The fourth-order valence-electron chi connectivity index (χ4n) is 3.66. The number of nitriles is 2. The Hall–Kier alpha value is -5.08. The summed E-state index contributed by atoms with van der Waals surface area (Å²) >= 11 is 11.9. The summed E-state index contributed by atoms with van der Waals surface area (Å²) in [6.45, 7) is 0. The molecule has 7 nitrogen and oxygen atoms in total. The Balaban J connectivity index is 0.000000201. The van der Waals surface area contributed by atoms with E-state index in [0.29, 0.717) is 43.8 Å². The van der Waals surface area contributed by atoms with Gasteiger partial charge in [0.15, 0.2) is 0 Å². The molecule has 0 fully saturated rings. The van der Waals surface area contributed by atoms with E-state index in [2.05, 4.69) is 16.0 Å². The molecule has 2 heterocycles. The second-order valence-electron chi connectivity index (χ2n) is 8.16. The molecule has 0 aliphatic carbocycles. The molecule has 0 spiro atoms. The van der Waals surface area contributed by atoms with Crippen molar-refractivity contribution in [3.63, 3.8) is 0 Å². The summed E-state index contributed by atoms with van der Waals surface area (Å²) < 4.78 is 10.9. The number of nitrogens with zero attached hydrogens (tertiary/aromatic N) is 4. The van der Waals surface area contributed by atoms with Gasteiger partial charge in [0.2, 0.25) is 0 Å². The number of methoxy groups -OCH3 is 1. The predicted octanol–water partition coefficient (Wildman–Crippen LogP) is 8.05. The van der Waals surface area contributed by atoms with Crippen LogP contribution in [0.4, 0.5) is 0 Å². The largest absolute Gasteiger partial charge is 0.508 e. The van der Waals surface area contributed by atoms with Crippen LogP contribution in [0, 0.1) is 22.7 Å². The first-order valence-corrected chi connectivity index (χ1v) is 12.5. The lowest BCUT2D eigenvalue weighted by Crippen LogP contribution is -1.89. The Labute approximate surface area is 241 Å². The fraction of sp³-hybridized carbons (Fsp3) is 0.0323. The second kappa shape index (κ2) is 13.1. The Morgan fingerprint density at radius 1 is 0.625 bits per heavy atom. The van der Waals surface area contributed by atoms with Crippen molar-refractivity contribution in [2.45, 2.75) is 0 Å². The van der Waals surface area contributed by atoms with Crippen molar-refractivity contribution in [1.82, 2.24) is 9.97 Å². The van der Waals surface area contributed by atoms with E-state index in [1.807, 2.05) is 54.6 Å². The Morgan fingerprint density at radius 3 is 1.45 bits per heavy atom. The molecule has 2 aromatic heterocycles. The van der Waals surface area contributed by atoms with E-state index in [0.717, 1.165) is 16.9 Å². The number of ether oxygens (including phenoxy) is 2. The first-order valence-electron chi connectivity index (χ1n) is 11.7. The number of aromatic nitrogens is 2. The normalized spacial score (nSPS) is 9.93. The van der Waals surface area contributed by atoms with Gasteiger partial charge in [-0.25, -0.2) is 0 Å². The average molecular weight is 567 g/mol. The second-order valence-corrected chi connectivity index (χ2v) is 8.97. The Kier molecular flexibility index (Phi) is 9.17. The summed E-state index contributed by atoms with van der Waals surface area (Å²) in [5, 5.41) is 28.1. The van der Waals surface area contributed by atoms with Crippen LogP contribution in [0.3, 0.4) is 0 Å². The number of aromatic hydroxyl groups is 1. The smallest absolute Gasteiger partial charge is 0.127 e. The Morgan fingerprint density at radius 2 is 1.02 bits per heavy atom. The summed E-state index contributed by atoms with van der Waals surface area (Å²) in [5.41, 5.74) is 3.81. The quantitative estimate of drug-likeness (QED) is 0.229. The molecule has 0 bridgehead atoms. The van der Waals surface area contributed by atoms with Gasteiger partial charge in [0, 0.05) is 35.9 Å². The Bertz CT molecular complexity index is 1690. The number of phenols is 1. The predicted molar refractivity (Wildman–Crippen MR) is 154 cm³/mol. The van der Waals surface area contributed by atoms with E-state index in [1.165, 1.54) is 12.4 Å². The van der Waals surface area contributed by atoms with E-state index < -0.39 is 0 Å². The molecule has 196 valence electrons. The van der Waals surface area contributed by atoms with Crippen molar-refractivity contribution >= 4 is 23.2 Å². The van der Waals surface area contributed by atoms with Gasteiger partial charge in [-0.05, 0) is 59.7 Å². The number of halogens is 2. The molecule has 0 saturated carbocycles.